The topological polar surface area (TPSA) is 182 Å². The fraction of sp³-hybridized carbons (Fsp3) is 0.612. The van der Waals surface area contributed by atoms with E-state index in [-0.39, 0.29) is 47.2 Å². The van der Waals surface area contributed by atoms with Gasteiger partial charge >= 0.3 is 0 Å². The zero-order chi connectivity index (χ0) is 44.7. The molecule has 1 aromatic rings. The van der Waals surface area contributed by atoms with Crippen LogP contribution in [0, 0.1) is 11.8 Å². The number of rotatable bonds is 11. The molecule has 0 aromatic heterocycles. The van der Waals surface area contributed by atoms with E-state index in [2.05, 4.69) is 6.08 Å². The highest BCUT2D eigenvalue weighted by atomic mass is 16.7. The van der Waals surface area contributed by atoms with Gasteiger partial charge in [-0.1, -0.05) is 35.5 Å². The maximum Gasteiger partial charge on any atom is 0.249 e. The minimum Gasteiger partial charge on any atom is -0.482 e. The first-order valence-corrected chi connectivity index (χ1v) is 22.3. The van der Waals surface area contributed by atoms with E-state index >= 15 is 4.79 Å². The molecule has 1 aromatic carbocycles. The number of hydrogen-bond donors (Lipinski definition) is 4. The molecule has 3 saturated heterocycles. The molecule has 1 amide bonds. The lowest BCUT2D eigenvalue weighted by molar-refractivity contribution is -0.277. The van der Waals surface area contributed by atoms with Crippen molar-refractivity contribution in [3.05, 3.63) is 69.4 Å². The number of benzene rings is 1. The summed E-state index contributed by atoms with van der Waals surface area (Å²) in [4.78, 5) is 46.3. The number of ether oxygens (including phenoxy) is 5. The lowest BCUT2D eigenvalue weighted by Gasteiger charge is -2.56. The van der Waals surface area contributed by atoms with Crippen LogP contribution < -0.4 is 14.2 Å². The lowest BCUT2D eigenvalue weighted by atomic mass is 9.51. The van der Waals surface area contributed by atoms with Gasteiger partial charge in [-0.15, -0.1) is 0 Å². The van der Waals surface area contributed by atoms with Crippen molar-refractivity contribution in [3.8, 4) is 17.2 Å². The number of aliphatic hydroxyl groups excluding tert-OH is 4. The Morgan fingerprint density at radius 1 is 0.919 bits per heavy atom. The summed E-state index contributed by atoms with van der Waals surface area (Å²) in [5.74, 6) is -1.41. The monoisotopic (exact) mass is 857 g/mol. The number of carbonyl (C=O) groups excluding carboxylic acids is 3. The predicted molar refractivity (Wildman–Crippen MR) is 230 cm³/mol. The van der Waals surface area contributed by atoms with Crippen LogP contribution in [0.2, 0.25) is 0 Å². The Hall–Kier alpha value is -4.11. The SMILES string of the molecule is CC(C)=CCCC1(C)C=Cc2c(c(CC=C(C)C)c3c(c2O[C@@H]2O[C@H](CO)[C@@H](O)[C@@H](O)[C@H]2O)C(=O)C2=CC4CC5C(C)(C)OC(C/C=C(/C)C(=O)N6CCCCC6)(C4=O)C25O3)O1. The van der Waals surface area contributed by atoms with Crippen LogP contribution in [0.5, 0.6) is 17.2 Å². The lowest BCUT2D eigenvalue weighted by Crippen LogP contribution is -2.72. The van der Waals surface area contributed by atoms with Crippen molar-refractivity contribution in [1.82, 2.24) is 4.90 Å². The average molecular weight is 858 g/mol. The third kappa shape index (κ3) is 7.02. The Labute approximate surface area is 364 Å². The van der Waals surface area contributed by atoms with E-state index < -0.39 is 77.3 Å². The van der Waals surface area contributed by atoms with E-state index in [1.165, 1.54) is 5.57 Å². The van der Waals surface area contributed by atoms with Crippen LogP contribution in [0.4, 0.5) is 0 Å². The number of ketones is 2. The highest BCUT2D eigenvalue weighted by Gasteiger charge is 2.81. The number of nitrogens with zero attached hydrogens (tertiary/aromatic N) is 1. The zero-order valence-electron chi connectivity index (χ0n) is 37.3. The predicted octanol–water partition coefficient (Wildman–Crippen LogP) is 5.64. The summed E-state index contributed by atoms with van der Waals surface area (Å²) in [6, 6.07) is 0. The molecule has 13 nitrogen and oxygen atoms in total. The summed E-state index contributed by atoms with van der Waals surface area (Å²) in [5, 5.41) is 42.8. The Kier molecular flexibility index (Phi) is 11.6. The minimum absolute atomic E-state index is 0.00221. The molecule has 3 aliphatic carbocycles. The Bertz CT molecular complexity index is 2180. The van der Waals surface area contributed by atoms with Crippen molar-refractivity contribution in [2.24, 2.45) is 11.8 Å². The number of allylic oxidation sites excluding steroid dienone is 5. The van der Waals surface area contributed by atoms with Gasteiger partial charge in [0, 0.05) is 48.1 Å². The quantitative estimate of drug-likeness (QED) is 0.159. The van der Waals surface area contributed by atoms with Gasteiger partial charge in [0.1, 0.15) is 52.8 Å². The number of carbonyl (C=O) groups is 3. The summed E-state index contributed by atoms with van der Waals surface area (Å²) in [6.07, 6.45) is 8.24. The summed E-state index contributed by atoms with van der Waals surface area (Å²) >= 11 is 0. The van der Waals surface area contributed by atoms with Gasteiger partial charge in [-0.05, 0) is 112 Å². The second-order valence-corrected chi connectivity index (χ2v) is 19.6. The van der Waals surface area contributed by atoms with Crippen molar-refractivity contribution >= 4 is 23.5 Å². The molecule has 8 aliphatic rings. The molecule has 10 atom stereocenters. The zero-order valence-corrected chi connectivity index (χ0v) is 37.3. The third-order valence-corrected chi connectivity index (χ3v) is 14.2. The van der Waals surface area contributed by atoms with E-state index in [4.69, 9.17) is 23.7 Å². The third-order valence-electron chi connectivity index (χ3n) is 14.2. The number of hydrogen-bond acceptors (Lipinski definition) is 12. The van der Waals surface area contributed by atoms with Gasteiger partial charge in [-0.25, -0.2) is 0 Å². The van der Waals surface area contributed by atoms with Crippen LogP contribution in [0.15, 0.2) is 52.7 Å². The fourth-order valence-corrected chi connectivity index (χ4v) is 10.9. The van der Waals surface area contributed by atoms with Gasteiger partial charge in [-0.2, -0.15) is 0 Å². The highest BCUT2D eigenvalue weighted by molar-refractivity contribution is 6.19. The summed E-state index contributed by atoms with van der Waals surface area (Å²) < 4.78 is 34.0. The molecule has 4 fully saturated rings. The number of fused-ring (bicyclic) bond motifs is 2. The summed E-state index contributed by atoms with van der Waals surface area (Å²) in [6.45, 7) is 16.3. The van der Waals surface area contributed by atoms with Crippen molar-refractivity contribution in [1.29, 1.82) is 0 Å². The maximum atomic E-state index is 15.8. The van der Waals surface area contributed by atoms with Crippen molar-refractivity contribution in [2.45, 2.75) is 160 Å². The molecule has 5 heterocycles. The van der Waals surface area contributed by atoms with Gasteiger partial charge in [0.2, 0.25) is 12.2 Å². The van der Waals surface area contributed by atoms with E-state index in [1.807, 2.05) is 71.6 Å². The molecule has 5 aliphatic heterocycles. The molecule has 5 unspecified atom stereocenters. The van der Waals surface area contributed by atoms with Gasteiger partial charge in [-0.3, -0.25) is 14.4 Å². The molecule has 4 bridgehead atoms. The first-order valence-electron chi connectivity index (χ1n) is 22.3. The van der Waals surface area contributed by atoms with Crippen LogP contribution in [0.3, 0.4) is 0 Å². The number of likely N-dealkylation sites (tertiary alicyclic amines) is 1. The maximum absolute atomic E-state index is 15.8. The average Bonchev–Trinajstić information content (AvgIpc) is 3.39. The molecule has 13 heteroatoms. The van der Waals surface area contributed by atoms with Crippen LogP contribution >= 0.6 is 0 Å². The standard InChI is InChI=1S/C49H63NO12/c1-26(2)13-12-18-47(8)19-17-31-40(60-47)30(15-14-27(3)4)42-35(41(31)59-45-39(55)38(54)37(53)33(25-51)58-45)36(52)32-23-29-24-34-46(6,7)62-48(43(29)56,49(32,34)61-42)20-16-28(5)44(57)50-21-10-9-11-22-50/h13-14,16-17,19,23,29,33-34,37-39,45,51,53-55H,9-12,15,18,20-22,24-25H2,1-8H3/b28-16-/t29?,33-,34?,37-,38-,39-,45+,47?,48?,49?/m1/s1. The highest BCUT2D eigenvalue weighted by Crippen LogP contribution is 2.69. The van der Waals surface area contributed by atoms with Crippen LogP contribution in [-0.2, 0) is 25.5 Å². The van der Waals surface area contributed by atoms with Crippen molar-refractivity contribution in [3.63, 3.8) is 0 Å². The number of amides is 1. The van der Waals surface area contributed by atoms with Gasteiger partial charge in [0.15, 0.2) is 22.8 Å². The van der Waals surface area contributed by atoms with Crippen LogP contribution in [-0.4, -0.2) is 116 Å². The van der Waals surface area contributed by atoms with E-state index in [9.17, 15) is 30.0 Å². The molecule has 4 N–H and O–H groups in total. The Morgan fingerprint density at radius 3 is 2.31 bits per heavy atom. The molecule has 9 rings (SSSR count). The summed E-state index contributed by atoms with van der Waals surface area (Å²) in [7, 11) is 0. The number of aliphatic hydroxyl groups is 4. The molecule has 1 saturated carbocycles. The second-order valence-electron chi connectivity index (χ2n) is 19.6. The molecule has 0 radical (unpaired) electrons. The van der Waals surface area contributed by atoms with Gasteiger partial charge in [0.25, 0.3) is 0 Å². The number of piperidine rings is 1. The number of Topliss-reactive ketones (excluding diaryl/α,β-unsaturated/α-hetero) is 2. The molecular formula is C49H63NO12. The van der Waals surface area contributed by atoms with Gasteiger partial charge in [0.05, 0.1) is 17.8 Å². The van der Waals surface area contributed by atoms with E-state index in [0.717, 1.165) is 31.3 Å². The molecule has 1 spiro atoms. The van der Waals surface area contributed by atoms with Crippen molar-refractivity contribution in [2.75, 3.05) is 19.7 Å². The molecular weight excluding hydrogens is 795 g/mol. The van der Waals surface area contributed by atoms with Gasteiger partial charge < -0.3 is 49.0 Å². The Balaban J connectivity index is 1.34. The van der Waals surface area contributed by atoms with Crippen LogP contribution in [0.1, 0.15) is 122 Å². The van der Waals surface area contributed by atoms with Crippen molar-refractivity contribution < 1.29 is 58.5 Å². The molecule has 62 heavy (non-hydrogen) atoms. The second kappa shape index (κ2) is 16.2. The first-order chi connectivity index (χ1) is 29.3. The minimum atomic E-state index is -1.78. The molecule has 336 valence electrons. The first kappa shape index (κ1) is 44.5. The van der Waals surface area contributed by atoms with E-state index in [0.29, 0.717) is 48.4 Å². The Morgan fingerprint density at radius 2 is 1.63 bits per heavy atom. The summed E-state index contributed by atoms with van der Waals surface area (Å²) in [5.41, 5.74) is -1.16. The normalized spacial score (nSPS) is 35.2. The fourth-order valence-electron chi connectivity index (χ4n) is 10.9. The largest absolute Gasteiger partial charge is 0.482 e. The van der Waals surface area contributed by atoms with E-state index in [1.54, 1.807) is 19.1 Å². The smallest absolute Gasteiger partial charge is 0.249 e. The van der Waals surface area contributed by atoms with Crippen LogP contribution in [0.25, 0.3) is 6.08 Å².